The van der Waals surface area contributed by atoms with E-state index in [1.165, 1.54) is 0 Å². The van der Waals surface area contributed by atoms with Gasteiger partial charge in [-0.25, -0.2) is 0 Å². The van der Waals surface area contributed by atoms with E-state index in [1.807, 2.05) is 0 Å². The molecule has 0 aromatic carbocycles. The Labute approximate surface area is 62.5 Å². The van der Waals surface area contributed by atoms with Gasteiger partial charge in [-0.05, 0) is 6.42 Å². The normalized spacial score (nSPS) is 20.8. The van der Waals surface area contributed by atoms with Crippen LogP contribution in [-0.4, -0.2) is 37.7 Å². The predicted molar refractivity (Wildman–Crippen MR) is 40.7 cm³/mol. The molecule has 0 bridgehead atoms. The monoisotopic (exact) mass is 140 g/mol. The molecule has 0 unspecified atom stereocenters. The van der Waals surface area contributed by atoms with Crippen LogP contribution >= 0.6 is 0 Å². The van der Waals surface area contributed by atoms with Gasteiger partial charge in [0.25, 0.3) is 0 Å². The molecule has 0 aliphatic carbocycles. The summed E-state index contributed by atoms with van der Waals surface area (Å²) in [6, 6.07) is 0. The van der Waals surface area contributed by atoms with Crippen molar-refractivity contribution in [3.8, 4) is 0 Å². The Hall–Kier alpha value is -0.340. The number of hydrogen-bond acceptors (Lipinski definition) is 2. The van der Waals surface area contributed by atoms with Crippen molar-refractivity contribution >= 4 is 0 Å². The van der Waals surface area contributed by atoms with Crippen LogP contribution in [0.3, 0.4) is 0 Å². The average molecular weight is 140 g/mol. The van der Waals surface area contributed by atoms with Crippen LogP contribution in [0.1, 0.15) is 6.42 Å². The molecule has 0 atom stereocenters. The summed E-state index contributed by atoms with van der Waals surface area (Å²) in [7, 11) is 0. The summed E-state index contributed by atoms with van der Waals surface area (Å²) < 4.78 is 5.20. The van der Waals surface area contributed by atoms with Gasteiger partial charge in [-0.1, -0.05) is 12.7 Å². The molecule has 0 aromatic heterocycles. The van der Waals surface area contributed by atoms with Crippen LogP contribution in [0.15, 0.2) is 6.08 Å². The first-order chi connectivity index (χ1) is 4.93. The van der Waals surface area contributed by atoms with Gasteiger partial charge < -0.3 is 4.74 Å². The number of morpholine rings is 1. The molecule has 1 radical (unpaired) electrons. The third-order valence-electron chi connectivity index (χ3n) is 1.72. The van der Waals surface area contributed by atoms with E-state index in [4.69, 9.17) is 11.3 Å². The van der Waals surface area contributed by atoms with Gasteiger partial charge in [-0.2, -0.15) is 0 Å². The minimum atomic E-state index is 0.880. The van der Waals surface area contributed by atoms with Crippen LogP contribution in [0.25, 0.3) is 0 Å². The summed E-state index contributed by atoms with van der Waals surface area (Å²) in [6.45, 7) is 10.2. The summed E-state index contributed by atoms with van der Waals surface area (Å²) >= 11 is 0. The first-order valence-electron chi connectivity index (χ1n) is 3.77. The van der Waals surface area contributed by atoms with Crippen molar-refractivity contribution < 1.29 is 4.74 Å². The molecule has 1 aliphatic rings. The fourth-order valence-electron chi connectivity index (χ4n) is 1.08. The molecular weight excluding hydrogens is 126 g/mol. The van der Waals surface area contributed by atoms with Crippen LogP contribution in [0.5, 0.6) is 0 Å². The molecule has 1 saturated heterocycles. The van der Waals surface area contributed by atoms with Crippen molar-refractivity contribution in [1.82, 2.24) is 4.90 Å². The second-order valence-electron chi connectivity index (χ2n) is 2.48. The molecule has 1 rings (SSSR count). The smallest absolute Gasteiger partial charge is 0.0594 e. The van der Waals surface area contributed by atoms with E-state index in [2.05, 4.69) is 4.90 Å². The molecule has 0 N–H and O–H groups in total. The van der Waals surface area contributed by atoms with Crippen LogP contribution in [-0.2, 0) is 4.74 Å². The molecular formula is C8H14NO. The van der Waals surface area contributed by atoms with E-state index in [0.29, 0.717) is 0 Å². The number of hydrogen-bond donors (Lipinski definition) is 0. The topological polar surface area (TPSA) is 12.5 Å². The van der Waals surface area contributed by atoms with Crippen molar-refractivity contribution in [2.24, 2.45) is 0 Å². The highest BCUT2D eigenvalue weighted by Crippen LogP contribution is 1.97. The molecule has 0 aromatic rings. The van der Waals surface area contributed by atoms with Crippen molar-refractivity contribution in [3.63, 3.8) is 0 Å². The van der Waals surface area contributed by atoms with E-state index in [9.17, 15) is 0 Å². The lowest BCUT2D eigenvalue weighted by Gasteiger charge is -2.25. The van der Waals surface area contributed by atoms with E-state index in [-0.39, 0.29) is 0 Å². The second-order valence-corrected chi connectivity index (χ2v) is 2.48. The number of nitrogens with zero attached hydrogens (tertiary/aromatic N) is 1. The van der Waals surface area contributed by atoms with Crippen LogP contribution < -0.4 is 0 Å². The Morgan fingerprint density at radius 1 is 1.40 bits per heavy atom. The van der Waals surface area contributed by atoms with E-state index in [0.717, 1.165) is 39.3 Å². The summed E-state index contributed by atoms with van der Waals surface area (Å²) in [5.74, 6) is 0. The Kier molecular flexibility index (Phi) is 3.47. The Morgan fingerprint density at radius 3 is 2.70 bits per heavy atom. The summed E-state index contributed by atoms with van der Waals surface area (Å²) in [5.41, 5.74) is 0. The zero-order valence-corrected chi connectivity index (χ0v) is 6.25. The van der Waals surface area contributed by atoms with Crippen LogP contribution in [0, 0.1) is 6.58 Å². The molecule has 10 heavy (non-hydrogen) atoms. The van der Waals surface area contributed by atoms with Gasteiger partial charge in [0.2, 0.25) is 0 Å². The average Bonchev–Trinajstić information content (AvgIpc) is 2.03. The highest BCUT2D eigenvalue weighted by Gasteiger charge is 2.07. The largest absolute Gasteiger partial charge is 0.379 e. The lowest BCUT2D eigenvalue weighted by Crippen LogP contribution is -2.36. The lowest BCUT2D eigenvalue weighted by molar-refractivity contribution is 0.0387. The third kappa shape index (κ3) is 2.50. The molecule has 2 heteroatoms. The molecule has 2 nitrogen and oxygen atoms in total. The van der Waals surface area contributed by atoms with Crippen molar-refractivity contribution in [2.45, 2.75) is 6.42 Å². The van der Waals surface area contributed by atoms with Gasteiger partial charge in [0.1, 0.15) is 0 Å². The van der Waals surface area contributed by atoms with Gasteiger partial charge in [0.05, 0.1) is 13.2 Å². The van der Waals surface area contributed by atoms with Crippen LogP contribution in [0.2, 0.25) is 0 Å². The van der Waals surface area contributed by atoms with Gasteiger partial charge in [0, 0.05) is 19.6 Å². The lowest BCUT2D eigenvalue weighted by atomic mass is 10.3. The summed E-state index contributed by atoms with van der Waals surface area (Å²) in [6.07, 6.45) is 2.70. The summed E-state index contributed by atoms with van der Waals surface area (Å²) in [4.78, 5) is 2.37. The minimum absolute atomic E-state index is 0.880. The molecule has 57 valence electrons. The highest BCUT2D eigenvalue weighted by molar-refractivity contribution is 4.68. The molecule has 1 fully saturated rings. The predicted octanol–water partition coefficient (Wildman–Crippen LogP) is 0.698. The SMILES string of the molecule is [CH]=CCCN1CCOCC1. The van der Waals surface area contributed by atoms with E-state index in [1.54, 1.807) is 6.08 Å². The fourth-order valence-corrected chi connectivity index (χ4v) is 1.08. The standard InChI is InChI=1S/C8H14NO/c1-2-3-4-9-5-7-10-8-6-9/h1-2H,3-8H2. The molecule has 0 saturated carbocycles. The van der Waals surface area contributed by atoms with E-state index >= 15 is 0 Å². The fraction of sp³-hybridized carbons (Fsp3) is 0.750. The quantitative estimate of drug-likeness (QED) is 0.572. The Balaban J connectivity index is 2.07. The second kappa shape index (κ2) is 4.47. The maximum atomic E-state index is 5.26. The molecule has 1 aliphatic heterocycles. The van der Waals surface area contributed by atoms with Crippen molar-refractivity contribution in [3.05, 3.63) is 12.7 Å². The Bertz CT molecular complexity index is 97.4. The number of rotatable bonds is 3. The van der Waals surface area contributed by atoms with Crippen LogP contribution in [0.4, 0.5) is 0 Å². The molecule has 0 spiro atoms. The minimum Gasteiger partial charge on any atom is -0.379 e. The molecule has 0 amide bonds. The van der Waals surface area contributed by atoms with Crippen molar-refractivity contribution in [1.29, 1.82) is 0 Å². The van der Waals surface area contributed by atoms with Crippen molar-refractivity contribution in [2.75, 3.05) is 32.8 Å². The Morgan fingerprint density at radius 2 is 2.10 bits per heavy atom. The third-order valence-corrected chi connectivity index (χ3v) is 1.72. The first kappa shape index (κ1) is 7.76. The maximum Gasteiger partial charge on any atom is 0.0594 e. The van der Waals surface area contributed by atoms with Gasteiger partial charge in [-0.15, -0.1) is 0 Å². The zero-order valence-electron chi connectivity index (χ0n) is 6.25. The molecule has 1 heterocycles. The maximum absolute atomic E-state index is 5.26. The summed E-state index contributed by atoms with van der Waals surface area (Å²) in [5, 5.41) is 0. The highest BCUT2D eigenvalue weighted by atomic mass is 16.5. The van der Waals surface area contributed by atoms with Gasteiger partial charge in [0.15, 0.2) is 0 Å². The first-order valence-corrected chi connectivity index (χ1v) is 3.77. The number of ether oxygens (including phenoxy) is 1. The van der Waals surface area contributed by atoms with E-state index < -0.39 is 0 Å². The van der Waals surface area contributed by atoms with Gasteiger partial charge in [-0.3, -0.25) is 4.90 Å². The zero-order chi connectivity index (χ0) is 7.23. The van der Waals surface area contributed by atoms with Gasteiger partial charge >= 0.3 is 0 Å².